The van der Waals surface area contributed by atoms with Gasteiger partial charge in [-0.25, -0.2) is 0 Å². The number of ether oxygens (including phenoxy) is 2. The molecule has 0 bridgehead atoms. The molecule has 0 aliphatic heterocycles. The lowest BCUT2D eigenvalue weighted by atomic mass is 10.1. The van der Waals surface area contributed by atoms with Gasteiger partial charge in [0.05, 0.1) is 13.2 Å². The summed E-state index contributed by atoms with van der Waals surface area (Å²) < 4.78 is 13.8. The molecule has 0 unspecified atom stereocenters. The number of aryl methyl sites for hydroxylation is 1. The number of aromatic nitrogens is 1. The average Bonchev–Trinajstić information content (AvgIpc) is 2.88. The van der Waals surface area contributed by atoms with Crippen LogP contribution in [0.3, 0.4) is 0 Å². The maximum atomic E-state index is 5.79. The summed E-state index contributed by atoms with van der Waals surface area (Å²) in [5.74, 6) is 1.75. The van der Waals surface area contributed by atoms with Crippen molar-refractivity contribution in [1.29, 1.82) is 0 Å². The Morgan fingerprint density at radius 2 is 1.25 bits per heavy atom. The van der Waals surface area contributed by atoms with Gasteiger partial charge in [0.15, 0.2) is 0 Å². The maximum absolute atomic E-state index is 5.79. The molecular weight excluding hydrogens is 302 g/mol. The van der Waals surface area contributed by atoms with Crippen molar-refractivity contribution in [2.75, 3.05) is 26.3 Å². The number of nitrogens with zero attached hydrogens (tertiary/aromatic N) is 1. The molecule has 3 rings (SSSR count). The minimum absolute atomic E-state index is 0.639. The highest BCUT2D eigenvalue weighted by Crippen LogP contribution is 2.33. The lowest BCUT2D eigenvalue weighted by Gasteiger charge is -2.06. The number of hydrogen-bond acceptors (Lipinski definition) is 4. The predicted octanol–water partition coefficient (Wildman–Crippen LogP) is 2.79. The first-order chi connectivity index (χ1) is 11.7. The first-order valence-corrected chi connectivity index (χ1v) is 8.42. The second kappa shape index (κ2) is 7.55. The van der Waals surface area contributed by atoms with E-state index in [2.05, 4.69) is 35.9 Å². The fourth-order valence-corrected chi connectivity index (χ4v) is 2.90. The molecule has 3 aromatic rings. The average molecular weight is 327 g/mol. The van der Waals surface area contributed by atoms with E-state index in [4.69, 9.17) is 20.9 Å². The van der Waals surface area contributed by atoms with Crippen molar-refractivity contribution in [1.82, 2.24) is 4.57 Å². The maximum Gasteiger partial charge on any atom is 0.120 e. The molecule has 5 nitrogen and oxygen atoms in total. The van der Waals surface area contributed by atoms with Crippen LogP contribution in [0.1, 0.15) is 12.8 Å². The van der Waals surface area contributed by atoms with E-state index in [1.54, 1.807) is 0 Å². The molecular formula is C19H25N3O2. The van der Waals surface area contributed by atoms with Crippen molar-refractivity contribution >= 4 is 21.8 Å². The summed E-state index contributed by atoms with van der Waals surface area (Å²) in [6.45, 7) is 2.56. The van der Waals surface area contributed by atoms with Crippen LogP contribution in [0.2, 0.25) is 0 Å². The number of benzene rings is 2. The van der Waals surface area contributed by atoms with E-state index in [1.165, 1.54) is 21.8 Å². The van der Waals surface area contributed by atoms with Crippen molar-refractivity contribution in [3.05, 3.63) is 36.4 Å². The molecule has 0 saturated heterocycles. The van der Waals surface area contributed by atoms with Gasteiger partial charge in [-0.1, -0.05) is 0 Å². The van der Waals surface area contributed by atoms with E-state index < -0.39 is 0 Å². The summed E-state index contributed by atoms with van der Waals surface area (Å²) >= 11 is 0. The zero-order valence-corrected chi connectivity index (χ0v) is 14.1. The first-order valence-electron chi connectivity index (χ1n) is 8.42. The molecule has 128 valence electrons. The Bertz CT molecular complexity index is 759. The molecule has 0 aliphatic carbocycles. The van der Waals surface area contributed by atoms with Crippen molar-refractivity contribution in [3.8, 4) is 11.5 Å². The smallest absolute Gasteiger partial charge is 0.120 e. The number of nitrogens with two attached hydrogens (primary N) is 2. The van der Waals surface area contributed by atoms with Crippen molar-refractivity contribution in [3.63, 3.8) is 0 Å². The minimum atomic E-state index is 0.639. The van der Waals surface area contributed by atoms with Gasteiger partial charge >= 0.3 is 0 Å². The number of rotatable bonds is 8. The summed E-state index contributed by atoms with van der Waals surface area (Å²) in [7, 11) is 2.08. The fraction of sp³-hybridized carbons (Fsp3) is 0.368. The highest BCUT2D eigenvalue weighted by molar-refractivity contribution is 6.08. The van der Waals surface area contributed by atoms with Crippen LogP contribution in [0.15, 0.2) is 36.4 Å². The van der Waals surface area contributed by atoms with Gasteiger partial charge in [0, 0.05) is 28.9 Å². The van der Waals surface area contributed by atoms with Crippen molar-refractivity contribution < 1.29 is 9.47 Å². The van der Waals surface area contributed by atoms with Crippen LogP contribution in [-0.4, -0.2) is 30.9 Å². The minimum Gasteiger partial charge on any atom is -0.494 e. The number of hydrogen-bond donors (Lipinski definition) is 2. The van der Waals surface area contributed by atoms with Gasteiger partial charge in [0.25, 0.3) is 0 Å². The Morgan fingerprint density at radius 1 is 0.792 bits per heavy atom. The van der Waals surface area contributed by atoms with Crippen LogP contribution in [0.5, 0.6) is 11.5 Å². The summed E-state index contributed by atoms with van der Waals surface area (Å²) in [4.78, 5) is 0. The van der Waals surface area contributed by atoms with Gasteiger partial charge in [-0.05, 0) is 62.3 Å². The molecule has 0 amide bonds. The monoisotopic (exact) mass is 327 g/mol. The van der Waals surface area contributed by atoms with E-state index in [1.807, 2.05) is 12.1 Å². The van der Waals surface area contributed by atoms with Crippen molar-refractivity contribution in [2.45, 2.75) is 12.8 Å². The van der Waals surface area contributed by atoms with E-state index in [-0.39, 0.29) is 0 Å². The van der Waals surface area contributed by atoms with Gasteiger partial charge in [0.1, 0.15) is 11.5 Å². The SMILES string of the molecule is Cn1c2ccc(OCCCN)cc2c2cc(OCCCN)ccc21. The second-order valence-corrected chi connectivity index (χ2v) is 5.90. The van der Waals surface area contributed by atoms with Crippen LogP contribution in [-0.2, 0) is 7.05 Å². The molecule has 0 aliphatic rings. The van der Waals surface area contributed by atoms with Crippen molar-refractivity contribution in [2.24, 2.45) is 18.5 Å². The van der Waals surface area contributed by atoms with Crippen LogP contribution in [0, 0.1) is 0 Å². The third-order valence-electron chi connectivity index (χ3n) is 4.18. The molecule has 0 fully saturated rings. The molecule has 0 atom stereocenters. The standard InChI is InChI=1S/C19H25N3O2/c1-22-18-6-4-14(23-10-2-8-20)12-16(18)17-13-15(5-7-19(17)22)24-11-3-9-21/h4-7,12-13H,2-3,8-11,20-21H2,1H3. The summed E-state index contributed by atoms with van der Waals surface area (Å²) in [6.07, 6.45) is 1.71. The Morgan fingerprint density at radius 3 is 1.67 bits per heavy atom. The highest BCUT2D eigenvalue weighted by Gasteiger charge is 2.10. The highest BCUT2D eigenvalue weighted by atomic mass is 16.5. The molecule has 1 aromatic heterocycles. The zero-order valence-electron chi connectivity index (χ0n) is 14.1. The third-order valence-corrected chi connectivity index (χ3v) is 4.18. The quantitative estimate of drug-likeness (QED) is 0.624. The summed E-state index contributed by atoms with van der Waals surface area (Å²) in [5, 5.41) is 2.34. The van der Waals surface area contributed by atoms with Crippen LogP contribution in [0.25, 0.3) is 21.8 Å². The zero-order chi connectivity index (χ0) is 16.9. The topological polar surface area (TPSA) is 75.4 Å². The predicted molar refractivity (Wildman–Crippen MR) is 98.8 cm³/mol. The molecule has 0 spiro atoms. The van der Waals surface area contributed by atoms with Gasteiger partial charge in [-0.2, -0.15) is 0 Å². The van der Waals surface area contributed by atoms with Gasteiger partial charge in [-0.15, -0.1) is 0 Å². The molecule has 0 radical (unpaired) electrons. The van der Waals surface area contributed by atoms with E-state index >= 15 is 0 Å². The molecule has 5 heteroatoms. The van der Waals surface area contributed by atoms with Gasteiger partial charge in [-0.3, -0.25) is 0 Å². The van der Waals surface area contributed by atoms with Gasteiger partial charge < -0.3 is 25.5 Å². The first kappa shape index (κ1) is 16.6. The fourth-order valence-electron chi connectivity index (χ4n) is 2.90. The summed E-state index contributed by atoms with van der Waals surface area (Å²) in [6, 6.07) is 12.4. The Hall–Kier alpha value is -2.24. The van der Waals surface area contributed by atoms with Crippen LogP contribution < -0.4 is 20.9 Å². The van der Waals surface area contributed by atoms with Gasteiger partial charge in [0.2, 0.25) is 0 Å². The second-order valence-electron chi connectivity index (χ2n) is 5.90. The normalized spacial score (nSPS) is 11.3. The van der Waals surface area contributed by atoms with Crippen LogP contribution >= 0.6 is 0 Å². The van der Waals surface area contributed by atoms with E-state index in [0.717, 1.165) is 24.3 Å². The Balaban J connectivity index is 1.96. The Labute approximate surface area is 142 Å². The third kappa shape index (κ3) is 3.32. The molecule has 24 heavy (non-hydrogen) atoms. The lowest BCUT2D eigenvalue weighted by Crippen LogP contribution is -2.06. The number of fused-ring (bicyclic) bond motifs is 3. The molecule has 0 saturated carbocycles. The summed E-state index contributed by atoms with van der Waals surface area (Å²) in [5.41, 5.74) is 13.4. The lowest BCUT2D eigenvalue weighted by molar-refractivity contribution is 0.313. The van der Waals surface area contributed by atoms with E-state index in [9.17, 15) is 0 Å². The largest absolute Gasteiger partial charge is 0.494 e. The molecule has 4 N–H and O–H groups in total. The van der Waals surface area contributed by atoms with E-state index in [0.29, 0.717) is 26.3 Å². The molecule has 1 heterocycles. The van der Waals surface area contributed by atoms with Crippen LogP contribution in [0.4, 0.5) is 0 Å². The Kier molecular flexibility index (Phi) is 5.23. The molecule has 2 aromatic carbocycles.